The molecular weight excluding hydrogens is 386 g/mol. The minimum absolute atomic E-state index is 0.144. The fourth-order valence-electron chi connectivity index (χ4n) is 3.41. The molecule has 1 saturated heterocycles. The van der Waals surface area contributed by atoms with Crippen LogP contribution >= 0.6 is 0 Å². The zero-order valence-corrected chi connectivity index (χ0v) is 17.0. The van der Waals surface area contributed by atoms with Gasteiger partial charge in [0, 0.05) is 37.3 Å². The summed E-state index contributed by atoms with van der Waals surface area (Å²) in [4.78, 5) is 28.7. The number of piperazine rings is 1. The molecule has 2 aromatic carbocycles. The molecule has 0 aromatic heterocycles. The molecule has 4 nitrogen and oxygen atoms in total. The molecule has 156 valence electrons. The van der Waals surface area contributed by atoms with Crippen LogP contribution in [0.5, 0.6) is 0 Å². The Morgan fingerprint density at radius 2 is 1.07 bits per heavy atom. The Morgan fingerprint density at radius 3 is 1.40 bits per heavy atom. The summed E-state index contributed by atoms with van der Waals surface area (Å²) in [5.74, 6) is -0.939. The molecule has 0 bridgehead atoms. The van der Waals surface area contributed by atoms with Gasteiger partial charge in [0.25, 0.3) is 0 Å². The van der Waals surface area contributed by atoms with E-state index >= 15 is 0 Å². The maximum absolute atomic E-state index is 13.0. The van der Waals surface area contributed by atoms with E-state index in [2.05, 4.69) is 0 Å². The summed E-state index contributed by atoms with van der Waals surface area (Å²) >= 11 is 0. The van der Waals surface area contributed by atoms with Crippen molar-refractivity contribution in [2.24, 2.45) is 0 Å². The highest BCUT2D eigenvalue weighted by Crippen LogP contribution is 2.17. The topological polar surface area (TPSA) is 40.6 Å². The van der Waals surface area contributed by atoms with Crippen LogP contribution in [0.15, 0.2) is 60.7 Å². The van der Waals surface area contributed by atoms with Crippen LogP contribution in [0.4, 0.5) is 8.78 Å². The van der Waals surface area contributed by atoms with Gasteiger partial charge in [0.1, 0.15) is 11.6 Å². The fourth-order valence-corrected chi connectivity index (χ4v) is 3.41. The number of carbonyl (C=O) groups excluding carboxylic acids is 2. The Hall–Kier alpha value is -3.28. The quantitative estimate of drug-likeness (QED) is 0.711. The highest BCUT2D eigenvalue weighted by Gasteiger charge is 2.32. The third-order valence-electron chi connectivity index (χ3n) is 5.13. The number of rotatable bonds is 4. The van der Waals surface area contributed by atoms with Gasteiger partial charge in [-0.1, -0.05) is 24.3 Å². The van der Waals surface area contributed by atoms with E-state index in [9.17, 15) is 18.4 Å². The molecule has 30 heavy (non-hydrogen) atoms. The average Bonchev–Trinajstić information content (AvgIpc) is 2.73. The first-order valence-corrected chi connectivity index (χ1v) is 9.82. The summed E-state index contributed by atoms with van der Waals surface area (Å²) in [6.45, 7) is 4.65. The molecule has 1 aliphatic heterocycles. The van der Waals surface area contributed by atoms with Crippen molar-refractivity contribution in [1.82, 2.24) is 9.80 Å². The third kappa shape index (κ3) is 5.41. The minimum Gasteiger partial charge on any atom is -0.333 e. The molecule has 2 aromatic rings. The Bertz CT molecular complexity index is 873. The van der Waals surface area contributed by atoms with Crippen LogP contribution in [0.2, 0.25) is 0 Å². The van der Waals surface area contributed by atoms with Crippen LogP contribution in [0.1, 0.15) is 25.0 Å². The molecule has 0 saturated carbocycles. The first kappa shape index (κ1) is 21.4. The predicted octanol–water partition coefficient (Wildman–Crippen LogP) is 4.14. The van der Waals surface area contributed by atoms with Gasteiger partial charge >= 0.3 is 0 Å². The predicted molar refractivity (Wildman–Crippen MR) is 113 cm³/mol. The van der Waals surface area contributed by atoms with E-state index in [0.717, 1.165) is 11.1 Å². The number of amides is 2. The standard InChI is InChI=1S/C24H24F2N2O2/c1-17-15-28(24(30)14-8-20-5-11-22(26)12-6-20)18(2)16-27(17)23(29)13-7-19-3-9-21(25)10-4-19/h3-14,17-18H,15-16H2,1-2H3/b13-7+,14-8+/t17-,18-/m1/s1. The molecule has 2 atom stereocenters. The summed E-state index contributed by atoms with van der Waals surface area (Å²) in [6.07, 6.45) is 6.26. The van der Waals surface area contributed by atoms with Crippen LogP contribution in [-0.4, -0.2) is 46.8 Å². The molecule has 0 aliphatic carbocycles. The van der Waals surface area contributed by atoms with Crippen molar-refractivity contribution >= 4 is 24.0 Å². The van der Waals surface area contributed by atoms with Gasteiger partial charge in [0.05, 0.1) is 0 Å². The van der Waals surface area contributed by atoms with E-state index < -0.39 is 0 Å². The Kier molecular flexibility index (Phi) is 6.77. The lowest BCUT2D eigenvalue weighted by atomic mass is 10.1. The molecule has 0 N–H and O–H groups in total. The van der Waals surface area contributed by atoms with Crippen molar-refractivity contribution in [1.29, 1.82) is 0 Å². The van der Waals surface area contributed by atoms with Crippen LogP contribution in [0, 0.1) is 11.6 Å². The van der Waals surface area contributed by atoms with Crippen molar-refractivity contribution in [2.75, 3.05) is 13.1 Å². The molecule has 0 radical (unpaired) electrons. The summed E-state index contributed by atoms with van der Waals surface area (Å²) in [7, 11) is 0. The van der Waals surface area contributed by atoms with Gasteiger partial charge in [-0.3, -0.25) is 9.59 Å². The summed E-state index contributed by atoms with van der Waals surface area (Å²) in [6, 6.07) is 11.5. The molecule has 2 amide bonds. The van der Waals surface area contributed by atoms with Crippen LogP contribution in [0.3, 0.4) is 0 Å². The third-order valence-corrected chi connectivity index (χ3v) is 5.13. The van der Waals surface area contributed by atoms with Gasteiger partial charge in [-0.2, -0.15) is 0 Å². The fraction of sp³-hybridized carbons (Fsp3) is 0.250. The molecule has 1 heterocycles. The number of hydrogen-bond donors (Lipinski definition) is 0. The Labute approximate surface area is 175 Å². The molecule has 3 rings (SSSR count). The van der Waals surface area contributed by atoms with E-state index in [1.54, 1.807) is 46.2 Å². The molecular formula is C24H24F2N2O2. The van der Waals surface area contributed by atoms with Crippen LogP contribution < -0.4 is 0 Å². The van der Waals surface area contributed by atoms with Gasteiger partial charge in [0.15, 0.2) is 0 Å². The van der Waals surface area contributed by atoms with Gasteiger partial charge in [-0.25, -0.2) is 8.78 Å². The smallest absolute Gasteiger partial charge is 0.246 e. The zero-order valence-electron chi connectivity index (χ0n) is 17.0. The van der Waals surface area contributed by atoms with Crippen molar-refractivity contribution in [2.45, 2.75) is 25.9 Å². The van der Waals surface area contributed by atoms with Crippen LogP contribution in [0.25, 0.3) is 12.2 Å². The normalized spacial score (nSPS) is 19.6. The average molecular weight is 410 g/mol. The van der Waals surface area contributed by atoms with Crippen molar-refractivity contribution in [3.63, 3.8) is 0 Å². The SMILES string of the molecule is C[C@@H]1CN(C(=O)/C=C/c2ccc(F)cc2)[C@H](C)CN1C(=O)/C=C/c1ccc(F)cc1. The van der Waals surface area contributed by atoms with E-state index in [-0.39, 0.29) is 35.5 Å². The second kappa shape index (κ2) is 9.48. The number of benzene rings is 2. The Morgan fingerprint density at radius 1 is 0.733 bits per heavy atom. The molecule has 0 unspecified atom stereocenters. The van der Waals surface area contributed by atoms with Gasteiger partial charge in [-0.05, 0) is 61.4 Å². The summed E-state index contributed by atoms with van der Waals surface area (Å²) in [5, 5.41) is 0. The van der Waals surface area contributed by atoms with E-state index in [1.807, 2.05) is 13.8 Å². The van der Waals surface area contributed by atoms with Gasteiger partial charge < -0.3 is 9.80 Å². The first-order chi connectivity index (χ1) is 14.3. The second-order valence-corrected chi connectivity index (χ2v) is 7.45. The molecule has 1 aliphatic rings. The lowest BCUT2D eigenvalue weighted by Crippen LogP contribution is -2.59. The zero-order chi connectivity index (χ0) is 21.7. The lowest BCUT2D eigenvalue weighted by molar-refractivity contribution is -0.139. The summed E-state index contributed by atoms with van der Waals surface area (Å²) < 4.78 is 26.0. The monoisotopic (exact) mass is 410 g/mol. The van der Waals surface area contributed by atoms with E-state index in [1.165, 1.54) is 36.4 Å². The van der Waals surface area contributed by atoms with Gasteiger partial charge in [-0.15, -0.1) is 0 Å². The molecule has 1 fully saturated rings. The summed E-state index contributed by atoms with van der Waals surface area (Å²) in [5.41, 5.74) is 1.48. The van der Waals surface area contributed by atoms with E-state index in [4.69, 9.17) is 0 Å². The minimum atomic E-state index is -0.324. The molecule has 6 heteroatoms. The maximum atomic E-state index is 13.0. The number of nitrogens with zero attached hydrogens (tertiary/aromatic N) is 2. The van der Waals surface area contributed by atoms with Crippen molar-refractivity contribution < 1.29 is 18.4 Å². The molecule has 0 spiro atoms. The van der Waals surface area contributed by atoms with E-state index in [0.29, 0.717) is 13.1 Å². The highest BCUT2D eigenvalue weighted by molar-refractivity contribution is 5.94. The number of carbonyl (C=O) groups is 2. The van der Waals surface area contributed by atoms with Crippen molar-refractivity contribution in [3.8, 4) is 0 Å². The second-order valence-electron chi connectivity index (χ2n) is 7.45. The first-order valence-electron chi connectivity index (χ1n) is 9.82. The number of hydrogen-bond acceptors (Lipinski definition) is 2. The highest BCUT2D eigenvalue weighted by atomic mass is 19.1. The van der Waals surface area contributed by atoms with Gasteiger partial charge in [0.2, 0.25) is 11.8 Å². The van der Waals surface area contributed by atoms with Crippen molar-refractivity contribution in [3.05, 3.63) is 83.4 Å². The lowest BCUT2D eigenvalue weighted by Gasteiger charge is -2.43. The number of halogens is 2. The maximum Gasteiger partial charge on any atom is 0.246 e. The van der Waals surface area contributed by atoms with Crippen LogP contribution in [-0.2, 0) is 9.59 Å². The Balaban J connectivity index is 1.61. The largest absolute Gasteiger partial charge is 0.333 e.